The predicted octanol–water partition coefficient (Wildman–Crippen LogP) is -0.0672. The topological polar surface area (TPSA) is 66.0 Å². The molecule has 0 spiro atoms. The number of aryl methyl sites for hydroxylation is 1. The molecular formula is C7H14N4O. The summed E-state index contributed by atoms with van der Waals surface area (Å²) in [5, 5.41) is 3.96. The Morgan fingerprint density at radius 3 is 3.00 bits per heavy atom. The van der Waals surface area contributed by atoms with Crippen LogP contribution in [0.4, 0.5) is 0 Å². The number of aromatic nitrogens is 3. The van der Waals surface area contributed by atoms with Crippen LogP contribution in [-0.4, -0.2) is 27.9 Å². The Labute approximate surface area is 71.5 Å². The summed E-state index contributed by atoms with van der Waals surface area (Å²) in [5.74, 6) is 0. The number of rotatable bonds is 5. The number of nitrogens with two attached hydrogens (primary N) is 1. The molecule has 1 aromatic rings. The molecule has 68 valence electrons. The van der Waals surface area contributed by atoms with Crippen molar-refractivity contribution in [3.8, 4) is 6.01 Å². The van der Waals surface area contributed by atoms with Crippen LogP contribution in [0.1, 0.15) is 12.8 Å². The largest absolute Gasteiger partial charge is 0.462 e. The van der Waals surface area contributed by atoms with E-state index in [1.165, 1.54) is 0 Å². The maximum Gasteiger partial charge on any atom is 0.335 e. The van der Waals surface area contributed by atoms with E-state index in [4.69, 9.17) is 10.5 Å². The van der Waals surface area contributed by atoms with Gasteiger partial charge in [-0.15, -0.1) is 5.10 Å². The second-order valence-electron chi connectivity index (χ2n) is 2.55. The van der Waals surface area contributed by atoms with Crippen LogP contribution in [0.25, 0.3) is 0 Å². The molecule has 0 atom stereocenters. The SMILES string of the molecule is Cn1cnc(OCCCCN)n1. The molecule has 5 nitrogen and oxygen atoms in total. The summed E-state index contributed by atoms with van der Waals surface area (Å²) >= 11 is 0. The summed E-state index contributed by atoms with van der Waals surface area (Å²) in [4.78, 5) is 3.91. The lowest BCUT2D eigenvalue weighted by molar-refractivity contribution is 0.283. The summed E-state index contributed by atoms with van der Waals surface area (Å²) in [6.07, 6.45) is 3.54. The molecule has 1 rings (SSSR count). The predicted molar refractivity (Wildman–Crippen MR) is 44.8 cm³/mol. The minimum absolute atomic E-state index is 0.439. The van der Waals surface area contributed by atoms with Crippen molar-refractivity contribution in [1.82, 2.24) is 14.8 Å². The summed E-state index contributed by atoms with van der Waals surface area (Å²) in [6.45, 7) is 1.35. The van der Waals surface area contributed by atoms with Gasteiger partial charge in [0.1, 0.15) is 6.33 Å². The number of hydrogen-bond acceptors (Lipinski definition) is 4. The molecule has 0 aliphatic rings. The van der Waals surface area contributed by atoms with Gasteiger partial charge in [-0.2, -0.15) is 4.98 Å². The average molecular weight is 170 g/mol. The molecule has 0 aromatic carbocycles. The second-order valence-corrected chi connectivity index (χ2v) is 2.55. The van der Waals surface area contributed by atoms with Crippen LogP contribution in [0.15, 0.2) is 6.33 Å². The van der Waals surface area contributed by atoms with Gasteiger partial charge >= 0.3 is 6.01 Å². The highest BCUT2D eigenvalue weighted by Crippen LogP contribution is 1.99. The van der Waals surface area contributed by atoms with E-state index < -0.39 is 0 Å². The highest BCUT2D eigenvalue weighted by atomic mass is 16.5. The molecule has 1 aromatic heterocycles. The molecule has 5 heteroatoms. The van der Waals surface area contributed by atoms with Crippen LogP contribution in [0.2, 0.25) is 0 Å². The molecule has 0 unspecified atom stereocenters. The molecule has 0 radical (unpaired) electrons. The summed E-state index contributed by atoms with van der Waals surface area (Å²) in [5.41, 5.74) is 5.32. The van der Waals surface area contributed by atoms with Gasteiger partial charge in [0.15, 0.2) is 0 Å². The quantitative estimate of drug-likeness (QED) is 0.628. The van der Waals surface area contributed by atoms with E-state index in [9.17, 15) is 0 Å². The Hall–Kier alpha value is -1.10. The van der Waals surface area contributed by atoms with Crippen molar-refractivity contribution in [2.75, 3.05) is 13.2 Å². The lowest BCUT2D eigenvalue weighted by Gasteiger charge is -1.98. The molecule has 0 aliphatic heterocycles. The van der Waals surface area contributed by atoms with E-state index in [0.717, 1.165) is 12.8 Å². The Morgan fingerprint density at radius 1 is 1.58 bits per heavy atom. The first-order valence-corrected chi connectivity index (χ1v) is 4.01. The van der Waals surface area contributed by atoms with Crippen molar-refractivity contribution in [3.05, 3.63) is 6.33 Å². The van der Waals surface area contributed by atoms with Crippen LogP contribution in [-0.2, 0) is 7.05 Å². The van der Waals surface area contributed by atoms with Crippen molar-refractivity contribution >= 4 is 0 Å². The first-order chi connectivity index (χ1) is 5.83. The Morgan fingerprint density at radius 2 is 2.42 bits per heavy atom. The fourth-order valence-corrected chi connectivity index (χ4v) is 0.796. The van der Waals surface area contributed by atoms with Gasteiger partial charge in [-0.1, -0.05) is 0 Å². The fraction of sp³-hybridized carbons (Fsp3) is 0.714. The molecule has 1 heterocycles. The first-order valence-electron chi connectivity index (χ1n) is 4.01. The van der Waals surface area contributed by atoms with Crippen molar-refractivity contribution < 1.29 is 4.74 Å². The molecule has 0 saturated carbocycles. The molecular weight excluding hydrogens is 156 g/mol. The zero-order valence-electron chi connectivity index (χ0n) is 7.23. The third-order valence-corrected chi connectivity index (χ3v) is 1.41. The van der Waals surface area contributed by atoms with Gasteiger partial charge in [0, 0.05) is 7.05 Å². The van der Waals surface area contributed by atoms with E-state index in [1.54, 1.807) is 18.1 Å². The average Bonchev–Trinajstić information content (AvgIpc) is 2.45. The minimum Gasteiger partial charge on any atom is -0.462 e. The number of unbranched alkanes of at least 4 members (excludes halogenated alkanes) is 1. The monoisotopic (exact) mass is 170 g/mol. The lowest BCUT2D eigenvalue weighted by Crippen LogP contribution is -2.04. The Kier molecular flexibility index (Phi) is 3.53. The number of ether oxygens (including phenoxy) is 1. The normalized spacial score (nSPS) is 10.2. The highest BCUT2D eigenvalue weighted by Gasteiger charge is 1.97. The zero-order valence-corrected chi connectivity index (χ0v) is 7.23. The van der Waals surface area contributed by atoms with Crippen LogP contribution < -0.4 is 10.5 Å². The fourth-order valence-electron chi connectivity index (χ4n) is 0.796. The summed E-state index contributed by atoms with van der Waals surface area (Å²) in [6, 6.07) is 0.439. The van der Waals surface area contributed by atoms with Crippen molar-refractivity contribution in [3.63, 3.8) is 0 Å². The van der Waals surface area contributed by atoms with Gasteiger partial charge in [0.05, 0.1) is 6.61 Å². The van der Waals surface area contributed by atoms with E-state index in [2.05, 4.69) is 10.1 Å². The van der Waals surface area contributed by atoms with E-state index in [-0.39, 0.29) is 0 Å². The maximum absolute atomic E-state index is 5.32. The molecule has 12 heavy (non-hydrogen) atoms. The maximum atomic E-state index is 5.32. The molecule has 0 amide bonds. The smallest absolute Gasteiger partial charge is 0.335 e. The minimum atomic E-state index is 0.439. The Balaban J connectivity index is 2.15. The first kappa shape index (κ1) is 8.99. The van der Waals surface area contributed by atoms with E-state index in [0.29, 0.717) is 19.2 Å². The standard InChI is InChI=1S/C7H14N4O/c1-11-6-9-7(10-11)12-5-3-2-4-8/h6H,2-5,8H2,1H3. The van der Waals surface area contributed by atoms with E-state index >= 15 is 0 Å². The summed E-state index contributed by atoms with van der Waals surface area (Å²) in [7, 11) is 1.81. The van der Waals surface area contributed by atoms with Crippen molar-refractivity contribution in [2.24, 2.45) is 12.8 Å². The molecule has 0 saturated heterocycles. The number of nitrogens with zero attached hydrogens (tertiary/aromatic N) is 3. The Bertz CT molecular complexity index is 223. The van der Waals surface area contributed by atoms with E-state index in [1.807, 2.05) is 0 Å². The van der Waals surface area contributed by atoms with Gasteiger partial charge in [-0.05, 0) is 19.4 Å². The number of hydrogen-bond donors (Lipinski definition) is 1. The van der Waals surface area contributed by atoms with Gasteiger partial charge in [-0.25, -0.2) is 0 Å². The molecule has 2 N–H and O–H groups in total. The van der Waals surface area contributed by atoms with Crippen LogP contribution in [0.3, 0.4) is 0 Å². The van der Waals surface area contributed by atoms with Crippen LogP contribution >= 0.6 is 0 Å². The van der Waals surface area contributed by atoms with Gasteiger partial charge in [0.2, 0.25) is 0 Å². The molecule has 0 bridgehead atoms. The van der Waals surface area contributed by atoms with Crippen LogP contribution in [0, 0.1) is 0 Å². The highest BCUT2D eigenvalue weighted by molar-refractivity contribution is 4.86. The summed E-state index contributed by atoms with van der Waals surface area (Å²) < 4.78 is 6.84. The molecule has 0 aliphatic carbocycles. The second kappa shape index (κ2) is 4.71. The van der Waals surface area contributed by atoms with Crippen molar-refractivity contribution in [2.45, 2.75) is 12.8 Å². The lowest BCUT2D eigenvalue weighted by atomic mass is 10.3. The molecule has 0 fully saturated rings. The van der Waals surface area contributed by atoms with Crippen molar-refractivity contribution in [1.29, 1.82) is 0 Å². The zero-order chi connectivity index (χ0) is 8.81. The van der Waals surface area contributed by atoms with Gasteiger partial charge in [0.25, 0.3) is 0 Å². The third kappa shape index (κ3) is 2.87. The van der Waals surface area contributed by atoms with Gasteiger partial charge < -0.3 is 10.5 Å². The van der Waals surface area contributed by atoms with Crippen LogP contribution in [0.5, 0.6) is 6.01 Å². The van der Waals surface area contributed by atoms with Gasteiger partial charge in [-0.3, -0.25) is 4.68 Å². The third-order valence-electron chi connectivity index (χ3n) is 1.41.